The second-order valence-electron chi connectivity index (χ2n) is 7.88. The maximum atomic E-state index is 10.8. The molecule has 152 valence electrons. The summed E-state index contributed by atoms with van der Waals surface area (Å²) in [5, 5.41) is 12.5. The number of likely N-dealkylation sites (N-methyl/N-ethyl adjacent to an activating group) is 1. The molecule has 0 fully saturated rings. The fourth-order valence-corrected chi connectivity index (χ4v) is 4.16. The summed E-state index contributed by atoms with van der Waals surface area (Å²) >= 11 is 0. The molecule has 0 amide bonds. The summed E-state index contributed by atoms with van der Waals surface area (Å²) in [5.41, 5.74) is 6.18. The van der Waals surface area contributed by atoms with Crippen LogP contribution in [0.3, 0.4) is 0 Å². The maximum absolute atomic E-state index is 10.8. The number of fused-ring (bicyclic) bond motifs is 2. The number of nitrogens with zero attached hydrogens (tertiary/aromatic N) is 1. The molecule has 2 aromatic carbocycles. The number of nitrogens with one attached hydrogen (secondary N) is 1. The number of ether oxygens (including phenoxy) is 1. The number of aryl methyl sites for hydroxylation is 2. The van der Waals surface area contributed by atoms with Gasteiger partial charge in [-0.1, -0.05) is 36.4 Å². The van der Waals surface area contributed by atoms with Crippen LogP contribution in [0.1, 0.15) is 35.1 Å². The van der Waals surface area contributed by atoms with Crippen molar-refractivity contribution in [3.8, 4) is 5.75 Å². The lowest BCUT2D eigenvalue weighted by Gasteiger charge is -2.34. The number of anilines is 1. The Morgan fingerprint density at radius 1 is 1.31 bits per heavy atom. The van der Waals surface area contributed by atoms with Crippen LogP contribution in [0, 0.1) is 0 Å². The second-order valence-corrected chi connectivity index (χ2v) is 7.88. The van der Waals surface area contributed by atoms with Crippen molar-refractivity contribution in [3.63, 3.8) is 0 Å². The van der Waals surface area contributed by atoms with Crippen molar-refractivity contribution in [1.29, 1.82) is 0 Å². The van der Waals surface area contributed by atoms with Gasteiger partial charge in [0.05, 0.1) is 12.2 Å². The molecule has 1 aliphatic heterocycles. The molecule has 0 saturated heterocycles. The van der Waals surface area contributed by atoms with Gasteiger partial charge in [-0.15, -0.1) is 0 Å². The van der Waals surface area contributed by atoms with Crippen LogP contribution in [0.15, 0.2) is 42.5 Å². The smallest absolute Gasteiger partial charge is 0.303 e. The third kappa shape index (κ3) is 4.62. The summed E-state index contributed by atoms with van der Waals surface area (Å²) < 4.78 is 6.23. The Morgan fingerprint density at radius 2 is 2.21 bits per heavy atom. The van der Waals surface area contributed by atoms with Gasteiger partial charge in [-0.2, -0.15) is 0 Å². The summed E-state index contributed by atoms with van der Waals surface area (Å²) in [6.07, 6.45) is 7.45. The van der Waals surface area contributed by atoms with Crippen LogP contribution in [0.2, 0.25) is 0 Å². The lowest BCUT2D eigenvalue weighted by Crippen LogP contribution is -2.43. The first-order chi connectivity index (χ1) is 14.1. The summed E-state index contributed by atoms with van der Waals surface area (Å²) in [7, 11) is 2.07. The average Bonchev–Trinajstić information content (AvgIpc) is 2.72. The predicted octanol–water partition coefficient (Wildman–Crippen LogP) is 3.65. The monoisotopic (exact) mass is 392 g/mol. The number of hydrogen-bond donors (Lipinski definition) is 2. The minimum atomic E-state index is -0.777. The van der Waals surface area contributed by atoms with E-state index in [1.165, 1.54) is 16.7 Å². The molecule has 0 spiro atoms. The Kier molecular flexibility index (Phi) is 5.86. The summed E-state index contributed by atoms with van der Waals surface area (Å²) in [6, 6.07) is 12.6. The van der Waals surface area contributed by atoms with E-state index in [-0.39, 0.29) is 12.5 Å². The van der Waals surface area contributed by atoms with E-state index in [1.807, 2.05) is 18.2 Å². The van der Waals surface area contributed by atoms with Crippen molar-refractivity contribution < 1.29 is 14.6 Å². The first kappa shape index (κ1) is 19.5. The number of carboxylic acids is 1. The van der Waals surface area contributed by atoms with Gasteiger partial charge in [-0.05, 0) is 53.6 Å². The normalized spacial score (nSPS) is 17.4. The lowest BCUT2D eigenvalue weighted by atomic mass is 9.93. The molecule has 0 aromatic heterocycles. The zero-order valence-corrected chi connectivity index (χ0v) is 16.9. The van der Waals surface area contributed by atoms with Crippen LogP contribution in [0.4, 0.5) is 5.69 Å². The molecule has 2 aromatic rings. The highest BCUT2D eigenvalue weighted by molar-refractivity contribution is 5.67. The SMILES string of the molecule is CN1CC(CNCc2cccc3c2C=CCC3)Oc2cc(CCC(=O)O)ccc21. The largest absolute Gasteiger partial charge is 0.485 e. The molecule has 1 heterocycles. The molecule has 0 bridgehead atoms. The quantitative estimate of drug-likeness (QED) is 0.753. The number of carbonyl (C=O) groups is 1. The summed E-state index contributed by atoms with van der Waals surface area (Å²) in [5.74, 6) is 0.0641. The van der Waals surface area contributed by atoms with Gasteiger partial charge in [0.25, 0.3) is 0 Å². The van der Waals surface area contributed by atoms with Crippen molar-refractivity contribution in [3.05, 3.63) is 64.7 Å². The molecule has 1 aliphatic carbocycles. The van der Waals surface area contributed by atoms with E-state index in [0.717, 1.165) is 49.5 Å². The number of aliphatic carboxylic acids is 1. The van der Waals surface area contributed by atoms with Crippen molar-refractivity contribution in [2.45, 2.75) is 38.3 Å². The Balaban J connectivity index is 1.37. The fraction of sp³-hybridized carbons (Fsp3) is 0.375. The summed E-state index contributed by atoms with van der Waals surface area (Å²) in [4.78, 5) is 13.0. The number of benzene rings is 2. The van der Waals surface area contributed by atoms with E-state index in [0.29, 0.717) is 6.42 Å². The first-order valence-electron chi connectivity index (χ1n) is 10.3. The average molecular weight is 392 g/mol. The molecule has 2 aliphatic rings. The van der Waals surface area contributed by atoms with Gasteiger partial charge in [0.2, 0.25) is 0 Å². The molecule has 0 radical (unpaired) electrons. The minimum Gasteiger partial charge on any atom is -0.485 e. The van der Waals surface area contributed by atoms with Crippen LogP contribution in [0.5, 0.6) is 5.75 Å². The van der Waals surface area contributed by atoms with Gasteiger partial charge in [0.15, 0.2) is 0 Å². The van der Waals surface area contributed by atoms with E-state index in [9.17, 15) is 4.79 Å². The molecule has 29 heavy (non-hydrogen) atoms. The van der Waals surface area contributed by atoms with Crippen molar-refractivity contribution in [2.24, 2.45) is 0 Å². The van der Waals surface area contributed by atoms with Crippen molar-refractivity contribution in [2.75, 3.05) is 25.0 Å². The van der Waals surface area contributed by atoms with E-state index >= 15 is 0 Å². The molecule has 1 atom stereocenters. The molecule has 5 heteroatoms. The number of hydrogen-bond acceptors (Lipinski definition) is 4. The molecule has 1 unspecified atom stereocenters. The maximum Gasteiger partial charge on any atom is 0.303 e. The van der Waals surface area contributed by atoms with Gasteiger partial charge in [0, 0.05) is 26.6 Å². The lowest BCUT2D eigenvalue weighted by molar-refractivity contribution is -0.136. The van der Waals surface area contributed by atoms with Crippen LogP contribution in [0.25, 0.3) is 6.08 Å². The highest BCUT2D eigenvalue weighted by Crippen LogP contribution is 2.33. The standard InChI is InChI=1S/C24H28N2O3/c1-26-16-20(29-23-13-17(9-11-22(23)26)10-12-24(27)28)15-25-14-19-7-4-6-18-5-2-3-8-21(18)19/h3-4,6-9,11,13,20,25H,2,5,10,12,14-16H2,1H3,(H,27,28). The minimum absolute atomic E-state index is 0.0531. The Morgan fingerprint density at radius 3 is 3.07 bits per heavy atom. The fourth-order valence-electron chi connectivity index (χ4n) is 4.16. The van der Waals surface area contributed by atoms with Crippen LogP contribution >= 0.6 is 0 Å². The van der Waals surface area contributed by atoms with Crippen molar-refractivity contribution >= 4 is 17.7 Å². The van der Waals surface area contributed by atoms with Crippen LogP contribution in [-0.4, -0.2) is 37.3 Å². The Hall–Kier alpha value is -2.79. The molecule has 0 saturated carbocycles. The van der Waals surface area contributed by atoms with E-state index < -0.39 is 5.97 Å². The molecular weight excluding hydrogens is 364 g/mol. The number of rotatable bonds is 7. The van der Waals surface area contributed by atoms with Gasteiger partial charge >= 0.3 is 5.97 Å². The van der Waals surface area contributed by atoms with Crippen LogP contribution < -0.4 is 15.0 Å². The second kappa shape index (κ2) is 8.70. The van der Waals surface area contributed by atoms with Gasteiger partial charge < -0.3 is 20.1 Å². The molecule has 4 rings (SSSR count). The summed E-state index contributed by atoms with van der Waals surface area (Å²) in [6.45, 7) is 2.40. The van der Waals surface area contributed by atoms with E-state index in [4.69, 9.17) is 9.84 Å². The van der Waals surface area contributed by atoms with Gasteiger partial charge in [-0.3, -0.25) is 4.79 Å². The third-order valence-electron chi connectivity index (χ3n) is 5.67. The zero-order valence-electron chi connectivity index (χ0n) is 16.9. The Bertz CT molecular complexity index is 922. The van der Waals surface area contributed by atoms with Gasteiger partial charge in [0.1, 0.15) is 11.9 Å². The molecule has 5 nitrogen and oxygen atoms in total. The molecular formula is C24H28N2O3. The van der Waals surface area contributed by atoms with E-state index in [2.05, 4.69) is 47.6 Å². The third-order valence-corrected chi connectivity index (χ3v) is 5.67. The highest BCUT2D eigenvalue weighted by Gasteiger charge is 2.23. The number of carboxylic acid groups (broad SMARTS) is 1. The topological polar surface area (TPSA) is 61.8 Å². The van der Waals surface area contributed by atoms with E-state index in [1.54, 1.807) is 0 Å². The first-order valence-corrected chi connectivity index (χ1v) is 10.3. The van der Waals surface area contributed by atoms with Gasteiger partial charge in [-0.25, -0.2) is 0 Å². The molecule has 2 N–H and O–H groups in total. The van der Waals surface area contributed by atoms with Crippen LogP contribution in [-0.2, 0) is 24.2 Å². The number of allylic oxidation sites excluding steroid dienone is 1. The Labute approximate surface area is 172 Å². The highest BCUT2D eigenvalue weighted by atomic mass is 16.5. The predicted molar refractivity (Wildman–Crippen MR) is 116 cm³/mol. The zero-order chi connectivity index (χ0) is 20.2. The van der Waals surface area contributed by atoms with Crippen molar-refractivity contribution in [1.82, 2.24) is 5.32 Å².